The minimum absolute atomic E-state index is 0.0234. The number of amides is 3. The summed E-state index contributed by atoms with van der Waals surface area (Å²) in [4.78, 5) is 41.4. The maximum absolute atomic E-state index is 13.1. The highest BCUT2D eigenvalue weighted by Gasteiger charge is 2.28. The van der Waals surface area contributed by atoms with E-state index in [0.29, 0.717) is 55.7 Å². The van der Waals surface area contributed by atoms with Gasteiger partial charge in [0.1, 0.15) is 12.2 Å². The number of rotatable bonds is 6. The van der Waals surface area contributed by atoms with Crippen molar-refractivity contribution in [3.8, 4) is 11.5 Å². The zero-order chi connectivity index (χ0) is 23.5. The fourth-order valence-corrected chi connectivity index (χ4v) is 4.04. The van der Waals surface area contributed by atoms with Crippen molar-refractivity contribution >= 4 is 17.7 Å². The lowest BCUT2D eigenvalue weighted by Gasteiger charge is -2.34. The highest BCUT2D eigenvalue weighted by molar-refractivity contribution is 5.94. The highest BCUT2D eigenvalue weighted by atomic mass is 16.7. The number of hydrogen-bond acceptors (Lipinski definition) is 6. The molecule has 3 aromatic rings. The van der Waals surface area contributed by atoms with Crippen LogP contribution in [0.5, 0.6) is 11.5 Å². The van der Waals surface area contributed by atoms with Gasteiger partial charge >= 0.3 is 0 Å². The molecule has 0 atom stereocenters. The molecular weight excluding hydrogens is 440 g/mol. The Hall–Kier alpha value is -4.21. The Morgan fingerprint density at radius 2 is 1.65 bits per heavy atom. The third kappa shape index (κ3) is 4.47. The van der Waals surface area contributed by atoms with Crippen LogP contribution in [0.25, 0.3) is 0 Å². The molecule has 5 rings (SSSR count). The molecule has 10 nitrogen and oxygen atoms in total. The molecule has 1 fully saturated rings. The molecule has 176 valence electrons. The van der Waals surface area contributed by atoms with E-state index in [1.807, 2.05) is 18.2 Å². The van der Waals surface area contributed by atoms with Crippen molar-refractivity contribution < 1.29 is 28.3 Å². The Bertz CT molecular complexity index is 1190. The summed E-state index contributed by atoms with van der Waals surface area (Å²) in [7, 11) is 0. The maximum atomic E-state index is 13.1. The lowest BCUT2D eigenvalue weighted by Crippen LogP contribution is -2.50. The van der Waals surface area contributed by atoms with Crippen LogP contribution in [-0.4, -0.2) is 65.1 Å². The summed E-state index contributed by atoms with van der Waals surface area (Å²) in [6.07, 6.45) is 3.18. The van der Waals surface area contributed by atoms with Crippen molar-refractivity contribution in [3.05, 3.63) is 71.9 Å². The first-order chi connectivity index (χ1) is 16.6. The molecule has 0 aliphatic carbocycles. The first-order valence-corrected chi connectivity index (χ1v) is 11.0. The van der Waals surface area contributed by atoms with E-state index in [2.05, 4.69) is 5.32 Å². The molecule has 0 bridgehead atoms. The van der Waals surface area contributed by atoms with Gasteiger partial charge in [0.05, 0.1) is 6.26 Å². The lowest BCUT2D eigenvalue weighted by molar-refractivity contribution is -0.121. The van der Waals surface area contributed by atoms with Crippen LogP contribution < -0.4 is 14.8 Å². The van der Waals surface area contributed by atoms with Gasteiger partial charge in [0.15, 0.2) is 17.3 Å². The molecule has 0 radical (unpaired) electrons. The molecule has 0 saturated carbocycles. The fourth-order valence-electron chi connectivity index (χ4n) is 4.04. The van der Waals surface area contributed by atoms with Gasteiger partial charge < -0.3 is 33.6 Å². The number of carbonyl (C=O) groups excluding carboxylic acids is 3. The number of nitrogens with one attached hydrogen (secondary N) is 1. The van der Waals surface area contributed by atoms with Crippen LogP contribution in [0.1, 0.15) is 26.6 Å². The Morgan fingerprint density at radius 1 is 0.882 bits per heavy atom. The summed E-state index contributed by atoms with van der Waals surface area (Å²) < 4.78 is 17.5. The van der Waals surface area contributed by atoms with Gasteiger partial charge in [-0.15, -0.1) is 0 Å². The van der Waals surface area contributed by atoms with E-state index >= 15 is 0 Å². The standard InChI is InChI=1S/C24H24N4O6/c29-22(25-14-17-5-6-19-21(13-17)34-16-33-19)15-28-7-1-3-18(28)23(30)26-8-10-27(11-9-26)24(31)20-4-2-12-32-20/h1-7,12-13H,8-11,14-16H2,(H,25,29). The van der Waals surface area contributed by atoms with Crippen molar-refractivity contribution in [2.75, 3.05) is 33.0 Å². The summed E-state index contributed by atoms with van der Waals surface area (Å²) in [5, 5.41) is 2.87. The number of piperazine rings is 1. The maximum Gasteiger partial charge on any atom is 0.289 e. The van der Waals surface area contributed by atoms with Crippen LogP contribution in [0.15, 0.2) is 59.3 Å². The second-order valence-corrected chi connectivity index (χ2v) is 8.05. The molecular formula is C24H24N4O6. The molecule has 4 heterocycles. The minimum atomic E-state index is -0.211. The first-order valence-electron chi connectivity index (χ1n) is 11.0. The summed E-state index contributed by atoms with van der Waals surface area (Å²) in [6, 6.07) is 12.3. The van der Waals surface area contributed by atoms with Gasteiger partial charge in [0, 0.05) is 38.9 Å². The summed E-state index contributed by atoms with van der Waals surface area (Å²) in [5.41, 5.74) is 1.33. The van der Waals surface area contributed by atoms with Gasteiger partial charge in [-0.05, 0) is 42.0 Å². The Morgan fingerprint density at radius 3 is 2.41 bits per heavy atom. The van der Waals surface area contributed by atoms with Gasteiger partial charge in [-0.1, -0.05) is 6.07 Å². The molecule has 2 aliphatic rings. The van der Waals surface area contributed by atoms with Crippen LogP contribution in [-0.2, 0) is 17.9 Å². The quantitative estimate of drug-likeness (QED) is 0.596. The molecule has 34 heavy (non-hydrogen) atoms. The largest absolute Gasteiger partial charge is 0.459 e. The van der Waals surface area contributed by atoms with Crippen molar-refractivity contribution in [2.24, 2.45) is 0 Å². The predicted octanol–water partition coefficient (Wildman–Crippen LogP) is 1.72. The number of fused-ring (bicyclic) bond motifs is 1. The zero-order valence-corrected chi connectivity index (χ0v) is 18.4. The second kappa shape index (κ2) is 9.34. The molecule has 0 spiro atoms. The monoisotopic (exact) mass is 464 g/mol. The van der Waals surface area contributed by atoms with E-state index in [-0.39, 0.29) is 31.1 Å². The van der Waals surface area contributed by atoms with Gasteiger partial charge in [0.2, 0.25) is 12.7 Å². The van der Waals surface area contributed by atoms with Crippen LogP contribution in [0.2, 0.25) is 0 Å². The smallest absolute Gasteiger partial charge is 0.289 e. The molecule has 1 N–H and O–H groups in total. The molecule has 1 aromatic carbocycles. The average molecular weight is 464 g/mol. The molecule has 2 aromatic heterocycles. The first kappa shape index (κ1) is 21.6. The normalized spacial score (nSPS) is 14.8. The summed E-state index contributed by atoms with van der Waals surface area (Å²) in [6.45, 7) is 2.22. The van der Waals surface area contributed by atoms with Gasteiger partial charge in [0.25, 0.3) is 11.8 Å². The number of aromatic nitrogens is 1. The highest BCUT2D eigenvalue weighted by Crippen LogP contribution is 2.32. The summed E-state index contributed by atoms with van der Waals surface area (Å²) in [5.74, 6) is 1.09. The Labute approximate surface area is 195 Å². The number of benzene rings is 1. The van der Waals surface area contributed by atoms with Gasteiger partial charge in [-0.25, -0.2) is 0 Å². The van der Waals surface area contributed by atoms with E-state index in [9.17, 15) is 14.4 Å². The molecule has 0 unspecified atom stereocenters. The Balaban J connectivity index is 1.14. The topological polar surface area (TPSA) is 106 Å². The SMILES string of the molecule is O=C(Cn1cccc1C(=O)N1CCN(C(=O)c2ccco2)CC1)NCc1ccc2c(c1)OCO2. The average Bonchev–Trinajstić information content (AvgIpc) is 3.63. The van der Waals surface area contributed by atoms with Crippen LogP contribution >= 0.6 is 0 Å². The van der Waals surface area contributed by atoms with Crippen molar-refractivity contribution in [1.29, 1.82) is 0 Å². The third-order valence-corrected chi connectivity index (χ3v) is 5.88. The molecule has 10 heteroatoms. The van der Waals surface area contributed by atoms with E-state index in [0.717, 1.165) is 5.56 Å². The Kier molecular flexibility index (Phi) is 5.94. The van der Waals surface area contributed by atoms with Gasteiger partial charge in [-0.2, -0.15) is 0 Å². The number of carbonyl (C=O) groups is 3. The van der Waals surface area contributed by atoms with E-state index in [1.54, 1.807) is 44.8 Å². The number of hydrogen-bond donors (Lipinski definition) is 1. The number of ether oxygens (including phenoxy) is 2. The van der Waals surface area contributed by atoms with Crippen LogP contribution in [0.3, 0.4) is 0 Å². The fraction of sp³-hybridized carbons (Fsp3) is 0.292. The van der Waals surface area contributed by atoms with Crippen LogP contribution in [0.4, 0.5) is 0 Å². The second-order valence-electron chi connectivity index (χ2n) is 8.05. The number of furan rings is 1. The molecule has 2 aliphatic heterocycles. The van der Waals surface area contributed by atoms with Gasteiger partial charge in [-0.3, -0.25) is 14.4 Å². The van der Waals surface area contributed by atoms with Crippen LogP contribution in [0, 0.1) is 0 Å². The third-order valence-electron chi connectivity index (χ3n) is 5.88. The lowest BCUT2D eigenvalue weighted by atomic mass is 10.2. The van der Waals surface area contributed by atoms with Crippen molar-refractivity contribution in [2.45, 2.75) is 13.1 Å². The minimum Gasteiger partial charge on any atom is -0.459 e. The van der Waals surface area contributed by atoms with Crippen molar-refractivity contribution in [1.82, 2.24) is 19.7 Å². The van der Waals surface area contributed by atoms with E-state index < -0.39 is 0 Å². The van der Waals surface area contributed by atoms with Crippen molar-refractivity contribution in [3.63, 3.8) is 0 Å². The van der Waals surface area contributed by atoms with E-state index in [4.69, 9.17) is 13.9 Å². The number of nitrogens with zero attached hydrogens (tertiary/aromatic N) is 3. The zero-order valence-electron chi connectivity index (χ0n) is 18.4. The predicted molar refractivity (Wildman–Crippen MR) is 119 cm³/mol. The molecule has 1 saturated heterocycles. The summed E-state index contributed by atoms with van der Waals surface area (Å²) >= 11 is 0. The molecule has 3 amide bonds. The van der Waals surface area contributed by atoms with E-state index in [1.165, 1.54) is 6.26 Å².